The maximum Gasteiger partial charge on any atom is 0.425 e. The van der Waals surface area contributed by atoms with Crippen molar-refractivity contribution in [3.63, 3.8) is 0 Å². The predicted molar refractivity (Wildman–Crippen MR) is 137 cm³/mol. The van der Waals surface area contributed by atoms with Gasteiger partial charge in [-0.1, -0.05) is 54.6 Å². The standard InChI is InChI=1S/C31H20F8O/c1-2-3-4-18-5-7-19(8-6-18)20-9-11-23(25(32)13-20)21-10-12-24(26(33)14-21)22-15-27(34)30(28(35)16-22)40-31(38,39)17-29(36)37/h2,5-17H,1,3-4H2. The van der Waals surface area contributed by atoms with Gasteiger partial charge in [-0.15, -0.1) is 6.58 Å². The summed E-state index contributed by atoms with van der Waals surface area (Å²) in [5.41, 5.74) is 2.03. The van der Waals surface area contributed by atoms with Gasteiger partial charge in [0.2, 0.25) is 0 Å². The molecule has 0 saturated heterocycles. The topological polar surface area (TPSA) is 9.23 Å². The molecule has 206 valence electrons. The van der Waals surface area contributed by atoms with Crippen LogP contribution in [-0.2, 0) is 6.42 Å². The first kappa shape index (κ1) is 28.6. The molecule has 0 amide bonds. The second kappa shape index (κ2) is 11.8. The number of hydrogen-bond donors (Lipinski definition) is 0. The highest BCUT2D eigenvalue weighted by Crippen LogP contribution is 2.36. The third kappa shape index (κ3) is 6.59. The molecule has 0 bridgehead atoms. The summed E-state index contributed by atoms with van der Waals surface area (Å²) in [5, 5.41) is 0. The molecule has 4 rings (SSSR count). The van der Waals surface area contributed by atoms with E-state index in [4.69, 9.17) is 0 Å². The molecule has 0 spiro atoms. The van der Waals surface area contributed by atoms with Crippen LogP contribution in [0.25, 0.3) is 33.4 Å². The summed E-state index contributed by atoms with van der Waals surface area (Å²) in [6.45, 7) is 3.69. The van der Waals surface area contributed by atoms with Crippen molar-refractivity contribution >= 4 is 0 Å². The largest absolute Gasteiger partial charge is 0.425 e. The highest BCUT2D eigenvalue weighted by atomic mass is 19.3. The Labute approximate surface area is 224 Å². The van der Waals surface area contributed by atoms with E-state index in [0.29, 0.717) is 17.7 Å². The van der Waals surface area contributed by atoms with Crippen molar-refractivity contribution in [3.05, 3.63) is 126 Å². The summed E-state index contributed by atoms with van der Waals surface area (Å²) in [6.07, 6.45) is -4.92. The first-order valence-electron chi connectivity index (χ1n) is 11.9. The van der Waals surface area contributed by atoms with Crippen LogP contribution in [0.3, 0.4) is 0 Å². The maximum atomic E-state index is 15.0. The van der Waals surface area contributed by atoms with Crippen LogP contribution in [-0.4, -0.2) is 6.11 Å². The minimum absolute atomic E-state index is 0.0771. The van der Waals surface area contributed by atoms with E-state index in [2.05, 4.69) is 11.3 Å². The monoisotopic (exact) mass is 560 g/mol. The van der Waals surface area contributed by atoms with Gasteiger partial charge in [-0.25, -0.2) is 17.6 Å². The molecular formula is C31H20F8O. The lowest BCUT2D eigenvalue weighted by atomic mass is 9.96. The molecule has 0 fully saturated rings. The maximum absolute atomic E-state index is 15.0. The van der Waals surface area contributed by atoms with Gasteiger partial charge in [0.25, 0.3) is 6.08 Å². The number of hydrogen-bond acceptors (Lipinski definition) is 1. The van der Waals surface area contributed by atoms with Crippen LogP contribution in [0.1, 0.15) is 12.0 Å². The zero-order chi connectivity index (χ0) is 29.0. The second-order valence-corrected chi connectivity index (χ2v) is 8.78. The molecule has 0 heterocycles. The van der Waals surface area contributed by atoms with Crippen molar-refractivity contribution < 1.29 is 39.9 Å². The average Bonchev–Trinajstić information content (AvgIpc) is 2.89. The number of benzene rings is 4. The molecule has 0 aliphatic rings. The average molecular weight is 560 g/mol. The minimum atomic E-state index is -4.69. The van der Waals surface area contributed by atoms with Crippen LogP contribution < -0.4 is 4.74 Å². The lowest BCUT2D eigenvalue weighted by Gasteiger charge is -2.16. The zero-order valence-corrected chi connectivity index (χ0v) is 20.6. The summed E-state index contributed by atoms with van der Waals surface area (Å²) in [6, 6.07) is 16.5. The normalized spacial score (nSPS) is 11.3. The molecule has 0 radical (unpaired) electrons. The van der Waals surface area contributed by atoms with E-state index in [-0.39, 0.29) is 22.3 Å². The fraction of sp³-hybridized carbons (Fsp3) is 0.0968. The number of rotatable bonds is 9. The van der Waals surface area contributed by atoms with Gasteiger partial charge in [-0.3, -0.25) is 0 Å². The fourth-order valence-corrected chi connectivity index (χ4v) is 4.08. The Morgan fingerprint density at radius 2 is 1.18 bits per heavy atom. The summed E-state index contributed by atoms with van der Waals surface area (Å²) < 4.78 is 114. The Hall–Kier alpha value is -4.40. The molecule has 1 nitrogen and oxygen atoms in total. The van der Waals surface area contributed by atoms with Crippen molar-refractivity contribution in [2.45, 2.75) is 19.0 Å². The highest BCUT2D eigenvalue weighted by Gasteiger charge is 2.33. The molecule has 0 saturated carbocycles. The minimum Gasteiger partial charge on any atom is -0.423 e. The lowest BCUT2D eigenvalue weighted by Crippen LogP contribution is -2.23. The zero-order valence-electron chi connectivity index (χ0n) is 20.6. The Balaban J connectivity index is 1.59. The molecule has 0 aromatic heterocycles. The molecular weight excluding hydrogens is 540 g/mol. The van der Waals surface area contributed by atoms with Gasteiger partial charge in [0.05, 0.1) is 6.08 Å². The number of allylic oxidation sites excluding steroid dienone is 1. The summed E-state index contributed by atoms with van der Waals surface area (Å²) in [4.78, 5) is 0. The summed E-state index contributed by atoms with van der Waals surface area (Å²) in [5.74, 6) is -6.55. The Kier molecular flexibility index (Phi) is 8.42. The number of alkyl halides is 2. The van der Waals surface area contributed by atoms with E-state index >= 15 is 4.39 Å². The lowest BCUT2D eigenvalue weighted by molar-refractivity contribution is -0.137. The van der Waals surface area contributed by atoms with Crippen LogP contribution in [0.5, 0.6) is 5.75 Å². The van der Waals surface area contributed by atoms with Crippen molar-refractivity contribution in [2.75, 3.05) is 0 Å². The van der Waals surface area contributed by atoms with Crippen molar-refractivity contribution in [1.29, 1.82) is 0 Å². The molecule has 4 aromatic rings. The third-order valence-electron chi connectivity index (χ3n) is 6.00. The predicted octanol–water partition coefficient (Wildman–Crippen LogP) is 10.1. The van der Waals surface area contributed by atoms with Gasteiger partial charge in [0, 0.05) is 11.1 Å². The molecule has 0 N–H and O–H groups in total. The van der Waals surface area contributed by atoms with Crippen LogP contribution >= 0.6 is 0 Å². The summed E-state index contributed by atoms with van der Waals surface area (Å²) >= 11 is 0. The van der Waals surface area contributed by atoms with Crippen LogP contribution in [0.4, 0.5) is 35.1 Å². The van der Waals surface area contributed by atoms with Gasteiger partial charge in [0.15, 0.2) is 17.4 Å². The van der Waals surface area contributed by atoms with E-state index in [9.17, 15) is 30.7 Å². The van der Waals surface area contributed by atoms with Gasteiger partial charge < -0.3 is 4.74 Å². The van der Waals surface area contributed by atoms with E-state index in [1.807, 2.05) is 30.3 Å². The Morgan fingerprint density at radius 1 is 0.675 bits per heavy atom. The SMILES string of the molecule is C=CCCc1ccc(-c2ccc(-c3ccc(-c4cc(F)c(OC(F)(F)C=C(F)F)c(F)c4)c(F)c3)c(F)c2)cc1. The third-order valence-corrected chi connectivity index (χ3v) is 6.00. The van der Waals surface area contributed by atoms with E-state index < -0.39 is 47.3 Å². The van der Waals surface area contributed by atoms with Gasteiger partial charge in [-0.2, -0.15) is 17.6 Å². The quantitative estimate of drug-likeness (QED) is 0.146. The molecule has 0 aliphatic carbocycles. The fourth-order valence-electron chi connectivity index (χ4n) is 4.08. The first-order valence-corrected chi connectivity index (χ1v) is 11.9. The molecule has 9 heteroatoms. The molecule has 0 unspecified atom stereocenters. The molecule has 0 atom stereocenters. The van der Waals surface area contributed by atoms with Crippen molar-refractivity contribution in [1.82, 2.24) is 0 Å². The number of aryl methyl sites for hydroxylation is 1. The van der Waals surface area contributed by atoms with Crippen molar-refractivity contribution in [2.24, 2.45) is 0 Å². The molecule has 4 aromatic carbocycles. The van der Waals surface area contributed by atoms with Crippen LogP contribution in [0.2, 0.25) is 0 Å². The highest BCUT2D eigenvalue weighted by molar-refractivity contribution is 5.74. The number of halogens is 8. The van der Waals surface area contributed by atoms with E-state index in [1.165, 1.54) is 18.2 Å². The Morgan fingerprint density at radius 3 is 1.73 bits per heavy atom. The smallest absolute Gasteiger partial charge is 0.423 e. The molecule has 0 aliphatic heterocycles. The molecule has 40 heavy (non-hydrogen) atoms. The van der Waals surface area contributed by atoms with Crippen LogP contribution in [0.15, 0.2) is 97.6 Å². The number of ether oxygens (including phenoxy) is 1. The van der Waals surface area contributed by atoms with Crippen LogP contribution in [0, 0.1) is 23.3 Å². The first-order chi connectivity index (χ1) is 19.0. The van der Waals surface area contributed by atoms with E-state index in [1.54, 1.807) is 6.07 Å². The van der Waals surface area contributed by atoms with Gasteiger partial charge in [-0.05, 0) is 64.9 Å². The van der Waals surface area contributed by atoms with Gasteiger partial charge in [0.1, 0.15) is 11.6 Å². The van der Waals surface area contributed by atoms with Gasteiger partial charge >= 0.3 is 6.11 Å². The second-order valence-electron chi connectivity index (χ2n) is 8.78. The van der Waals surface area contributed by atoms with E-state index in [0.717, 1.165) is 36.1 Å². The Bertz CT molecular complexity index is 1550. The summed E-state index contributed by atoms with van der Waals surface area (Å²) in [7, 11) is 0. The van der Waals surface area contributed by atoms with Crippen molar-refractivity contribution in [3.8, 4) is 39.1 Å².